The van der Waals surface area contributed by atoms with Crippen LogP contribution in [0.4, 0.5) is 13.2 Å². The summed E-state index contributed by atoms with van der Waals surface area (Å²) in [6.07, 6.45) is -5.40. The zero-order valence-electron chi connectivity index (χ0n) is 5.98. The smallest absolute Gasteiger partial charge is 0.392 e. The molecule has 1 N–H and O–H groups in total. The van der Waals surface area contributed by atoms with Crippen molar-refractivity contribution in [3.63, 3.8) is 0 Å². The Kier molecular flexibility index (Phi) is 3.35. The molecule has 0 radical (unpaired) electrons. The predicted molar refractivity (Wildman–Crippen MR) is 32.1 cm³/mol. The van der Waals surface area contributed by atoms with Gasteiger partial charge in [0.25, 0.3) is 0 Å². The molecule has 0 saturated carbocycles. The number of hydrogen-bond donors (Lipinski definition) is 1. The lowest BCUT2D eigenvalue weighted by atomic mass is 10.0. The van der Waals surface area contributed by atoms with Gasteiger partial charge in [-0.15, -0.1) is 0 Å². The van der Waals surface area contributed by atoms with Crippen LogP contribution in [0.25, 0.3) is 0 Å². The first-order chi connectivity index (χ1) is 4.88. The molecule has 0 saturated heterocycles. The molecule has 0 aliphatic heterocycles. The second kappa shape index (κ2) is 3.59. The van der Waals surface area contributed by atoms with Gasteiger partial charge in [0.1, 0.15) is 0 Å². The summed E-state index contributed by atoms with van der Waals surface area (Å²) in [7, 11) is 0. The Morgan fingerprint density at radius 1 is 1.55 bits per heavy atom. The first-order valence-corrected chi connectivity index (χ1v) is 3.16. The average Bonchev–Trinajstić information content (AvgIpc) is 1.79. The lowest BCUT2D eigenvalue weighted by Crippen LogP contribution is -2.24. The fourth-order valence-electron chi connectivity index (χ4n) is 0.702. The lowest BCUT2D eigenvalue weighted by Gasteiger charge is -2.15. The molecule has 66 valence electrons. The molecule has 0 heterocycles. The molecule has 11 heavy (non-hydrogen) atoms. The van der Waals surface area contributed by atoms with Crippen molar-refractivity contribution < 1.29 is 23.1 Å². The van der Waals surface area contributed by atoms with Gasteiger partial charge in [0, 0.05) is 0 Å². The highest BCUT2D eigenvalue weighted by molar-refractivity contribution is 5.67. The second-order valence-electron chi connectivity index (χ2n) is 2.24. The molecule has 0 rings (SSSR count). The summed E-state index contributed by atoms with van der Waals surface area (Å²) in [6.45, 7) is 1.32. The normalized spacial score (nSPS) is 14.5. The molecule has 0 unspecified atom stereocenters. The Hall–Kier alpha value is -0.740. The van der Waals surface area contributed by atoms with Gasteiger partial charge >= 0.3 is 12.1 Å². The van der Waals surface area contributed by atoms with E-state index in [0.717, 1.165) is 0 Å². The summed E-state index contributed by atoms with van der Waals surface area (Å²) in [5, 5.41) is 8.08. The molecule has 0 spiro atoms. The summed E-state index contributed by atoms with van der Waals surface area (Å²) < 4.78 is 35.5. The Morgan fingerprint density at radius 3 is 2.09 bits per heavy atom. The van der Waals surface area contributed by atoms with Crippen LogP contribution in [0.15, 0.2) is 0 Å². The van der Waals surface area contributed by atoms with Crippen LogP contribution in [0.2, 0.25) is 0 Å². The van der Waals surface area contributed by atoms with E-state index in [2.05, 4.69) is 0 Å². The molecule has 1 atom stereocenters. The zero-order valence-corrected chi connectivity index (χ0v) is 5.98. The van der Waals surface area contributed by atoms with Crippen LogP contribution in [0.3, 0.4) is 0 Å². The molecule has 0 amide bonds. The highest BCUT2D eigenvalue weighted by Crippen LogP contribution is 2.30. The van der Waals surface area contributed by atoms with Gasteiger partial charge in [-0.3, -0.25) is 4.79 Å². The molecular weight excluding hydrogens is 161 g/mol. The number of halogens is 3. The molecule has 0 aromatic heterocycles. The van der Waals surface area contributed by atoms with Crippen LogP contribution in [0.5, 0.6) is 0 Å². The summed E-state index contributed by atoms with van der Waals surface area (Å²) in [6, 6.07) is 0. The fraction of sp³-hybridized carbons (Fsp3) is 0.833. The maximum atomic E-state index is 11.8. The highest BCUT2D eigenvalue weighted by Gasteiger charge is 2.39. The number of carboxylic acids is 1. The van der Waals surface area contributed by atoms with Gasteiger partial charge in [-0.1, -0.05) is 6.92 Å². The van der Waals surface area contributed by atoms with Crippen LogP contribution in [0, 0.1) is 5.92 Å². The van der Waals surface area contributed by atoms with Gasteiger partial charge in [0.05, 0.1) is 12.3 Å². The SMILES string of the molecule is CC[C@@H](CC(=O)O)C(F)(F)F. The van der Waals surface area contributed by atoms with E-state index >= 15 is 0 Å². The Balaban J connectivity index is 4.07. The number of alkyl halides is 3. The third kappa shape index (κ3) is 3.85. The van der Waals surface area contributed by atoms with E-state index in [1.54, 1.807) is 0 Å². The number of aliphatic carboxylic acids is 1. The van der Waals surface area contributed by atoms with Crippen LogP contribution in [0.1, 0.15) is 19.8 Å². The molecule has 5 heteroatoms. The van der Waals surface area contributed by atoms with Crippen LogP contribution in [-0.4, -0.2) is 17.3 Å². The Bertz CT molecular complexity index is 141. The van der Waals surface area contributed by atoms with Crippen LogP contribution < -0.4 is 0 Å². The Labute approximate surface area is 62.0 Å². The van der Waals surface area contributed by atoms with E-state index in [1.165, 1.54) is 6.92 Å². The van der Waals surface area contributed by atoms with Crippen molar-refractivity contribution in [2.45, 2.75) is 25.9 Å². The fourth-order valence-corrected chi connectivity index (χ4v) is 0.702. The quantitative estimate of drug-likeness (QED) is 0.703. The van der Waals surface area contributed by atoms with E-state index in [9.17, 15) is 18.0 Å². The van der Waals surface area contributed by atoms with E-state index in [1.807, 2.05) is 0 Å². The van der Waals surface area contributed by atoms with E-state index in [4.69, 9.17) is 5.11 Å². The topological polar surface area (TPSA) is 37.3 Å². The average molecular weight is 170 g/mol. The van der Waals surface area contributed by atoms with E-state index in [0.29, 0.717) is 0 Å². The van der Waals surface area contributed by atoms with Crippen molar-refractivity contribution in [2.75, 3.05) is 0 Å². The standard InChI is InChI=1S/C6H9F3O2/c1-2-4(3-5(10)11)6(7,8)9/h4H,2-3H2,1H3,(H,10,11)/t4-/m0/s1. The van der Waals surface area contributed by atoms with E-state index < -0.39 is 24.5 Å². The van der Waals surface area contributed by atoms with Gasteiger partial charge < -0.3 is 5.11 Å². The molecule has 0 bridgehead atoms. The number of carbonyl (C=O) groups is 1. The number of hydrogen-bond acceptors (Lipinski definition) is 1. The highest BCUT2D eigenvalue weighted by atomic mass is 19.4. The monoisotopic (exact) mass is 170 g/mol. The van der Waals surface area contributed by atoms with Gasteiger partial charge in [-0.2, -0.15) is 13.2 Å². The molecule has 2 nitrogen and oxygen atoms in total. The van der Waals surface area contributed by atoms with Gasteiger partial charge in [-0.25, -0.2) is 0 Å². The van der Waals surface area contributed by atoms with E-state index in [-0.39, 0.29) is 6.42 Å². The van der Waals surface area contributed by atoms with Crippen molar-refractivity contribution in [3.05, 3.63) is 0 Å². The molecular formula is C6H9F3O2. The van der Waals surface area contributed by atoms with Crippen molar-refractivity contribution >= 4 is 5.97 Å². The minimum absolute atomic E-state index is 0.185. The molecule has 0 aliphatic rings. The summed E-state index contributed by atoms with van der Waals surface area (Å²) in [5.41, 5.74) is 0. The van der Waals surface area contributed by atoms with Gasteiger partial charge in [0.15, 0.2) is 0 Å². The molecule has 0 aliphatic carbocycles. The predicted octanol–water partition coefficient (Wildman–Crippen LogP) is 2.05. The maximum absolute atomic E-state index is 11.8. The Morgan fingerprint density at radius 2 is 2.00 bits per heavy atom. The first kappa shape index (κ1) is 10.3. The molecule has 0 aromatic rings. The lowest BCUT2D eigenvalue weighted by molar-refractivity contribution is -0.183. The largest absolute Gasteiger partial charge is 0.481 e. The van der Waals surface area contributed by atoms with Crippen molar-refractivity contribution in [3.8, 4) is 0 Å². The third-order valence-corrected chi connectivity index (χ3v) is 1.38. The number of carboxylic acid groups (broad SMARTS) is 1. The first-order valence-electron chi connectivity index (χ1n) is 3.16. The minimum Gasteiger partial charge on any atom is -0.481 e. The van der Waals surface area contributed by atoms with Crippen molar-refractivity contribution in [1.29, 1.82) is 0 Å². The maximum Gasteiger partial charge on any atom is 0.392 e. The zero-order chi connectivity index (χ0) is 9.07. The molecule has 0 fully saturated rings. The van der Waals surface area contributed by atoms with Crippen molar-refractivity contribution in [1.82, 2.24) is 0 Å². The number of rotatable bonds is 3. The third-order valence-electron chi connectivity index (χ3n) is 1.38. The summed E-state index contributed by atoms with van der Waals surface area (Å²) >= 11 is 0. The van der Waals surface area contributed by atoms with Crippen LogP contribution in [-0.2, 0) is 4.79 Å². The van der Waals surface area contributed by atoms with Gasteiger partial charge in [0.2, 0.25) is 0 Å². The second-order valence-corrected chi connectivity index (χ2v) is 2.24. The summed E-state index contributed by atoms with van der Waals surface area (Å²) in [5.74, 6) is -3.12. The summed E-state index contributed by atoms with van der Waals surface area (Å²) in [4.78, 5) is 9.92. The molecule has 0 aromatic carbocycles. The minimum atomic E-state index is -4.38. The van der Waals surface area contributed by atoms with Gasteiger partial charge in [-0.05, 0) is 6.42 Å². The van der Waals surface area contributed by atoms with Crippen LogP contribution >= 0.6 is 0 Å². The van der Waals surface area contributed by atoms with Crippen molar-refractivity contribution in [2.24, 2.45) is 5.92 Å².